The molecule has 0 aliphatic carbocycles. The lowest BCUT2D eigenvalue weighted by Gasteiger charge is -2.03. The van der Waals surface area contributed by atoms with Crippen LogP contribution < -0.4 is 20.6 Å². The predicted molar refractivity (Wildman–Crippen MR) is 71.3 cm³/mol. The van der Waals surface area contributed by atoms with Crippen LogP contribution >= 0.6 is 0 Å². The van der Waals surface area contributed by atoms with Crippen molar-refractivity contribution in [2.45, 2.75) is 19.8 Å². The first-order valence-electron chi connectivity index (χ1n) is 6.07. The van der Waals surface area contributed by atoms with Crippen molar-refractivity contribution in [1.29, 1.82) is 0 Å². The van der Waals surface area contributed by atoms with Gasteiger partial charge >= 0.3 is 11.8 Å². The second-order valence-electron chi connectivity index (χ2n) is 4.34. The average molecular weight is 277 g/mol. The van der Waals surface area contributed by atoms with Crippen LogP contribution in [-0.4, -0.2) is 24.3 Å². The average Bonchev–Trinajstić information content (AvgIpc) is 2.89. The number of aryl methyl sites for hydroxylation is 1. The normalized spacial score (nSPS) is 13.2. The number of rotatable bonds is 4. The number of carbonyl (C=O) groups is 2. The molecule has 20 heavy (non-hydrogen) atoms. The van der Waals surface area contributed by atoms with Gasteiger partial charge in [0.1, 0.15) is 0 Å². The summed E-state index contributed by atoms with van der Waals surface area (Å²) in [4.78, 5) is 21.4. The minimum absolute atomic E-state index is 0.248. The minimum atomic E-state index is -1.06. The van der Waals surface area contributed by atoms with Crippen molar-refractivity contribution in [2.75, 3.05) is 6.79 Å². The van der Waals surface area contributed by atoms with Crippen molar-refractivity contribution in [1.82, 2.24) is 5.43 Å². The molecular weight excluding hydrogens is 262 g/mol. The lowest BCUT2D eigenvalue weighted by molar-refractivity contribution is -0.137. The summed E-state index contributed by atoms with van der Waals surface area (Å²) in [5, 5.41) is 3.79. The van der Waals surface area contributed by atoms with E-state index >= 15 is 0 Å². The molecule has 0 unspecified atom stereocenters. The van der Waals surface area contributed by atoms with Gasteiger partial charge in [0.05, 0.1) is 0 Å². The zero-order chi connectivity index (χ0) is 14.5. The summed E-state index contributed by atoms with van der Waals surface area (Å²) in [5.41, 5.74) is 8.65. The van der Waals surface area contributed by atoms with E-state index < -0.39 is 11.8 Å². The fourth-order valence-corrected chi connectivity index (χ4v) is 1.68. The third-order valence-electron chi connectivity index (χ3n) is 2.78. The number of benzene rings is 1. The number of hydrazone groups is 1. The van der Waals surface area contributed by atoms with Crippen LogP contribution in [0.1, 0.15) is 18.9 Å². The fraction of sp³-hybridized carbons (Fsp3) is 0.308. The first kappa shape index (κ1) is 13.9. The summed E-state index contributed by atoms with van der Waals surface area (Å²) in [6.07, 6.45) is 1.37. The number of nitrogens with one attached hydrogen (secondary N) is 1. The van der Waals surface area contributed by atoms with Gasteiger partial charge in [-0.2, -0.15) is 5.10 Å². The van der Waals surface area contributed by atoms with Gasteiger partial charge in [0, 0.05) is 5.71 Å². The van der Waals surface area contributed by atoms with E-state index in [2.05, 4.69) is 10.5 Å². The highest BCUT2D eigenvalue weighted by atomic mass is 16.7. The highest BCUT2D eigenvalue weighted by Gasteiger charge is 2.13. The third kappa shape index (κ3) is 3.47. The number of ether oxygens (including phenoxy) is 2. The zero-order valence-electron chi connectivity index (χ0n) is 11.0. The molecule has 106 valence electrons. The number of fused-ring (bicyclic) bond motifs is 1. The maximum Gasteiger partial charge on any atom is 0.329 e. The minimum Gasteiger partial charge on any atom is -0.454 e. The number of amides is 2. The van der Waals surface area contributed by atoms with Gasteiger partial charge in [-0.1, -0.05) is 6.07 Å². The second kappa shape index (κ2) is 6.05. The molecule has 1 aromatic carbocycles. The summed E-state index contributed by atoms with van der Waals surface area (Å²) < 4.78 is 10.5. The quantitative estimate of drug-likeness (QED) is 0.470. The highest BCUT2D eigenvalue weighted by Crippen LogP contribution is 2.32. The SMILES string of the molecule is CC(CCc1ccc2c(c1)OCO2)=NNC(=O)C(N)=O. The first-order chi connectivity index (χ1) is 9.56. The topological polar surface area (TPSA) is 103 Å². The van der Waals surface area contributed by atoms with Gasteiger partial charge < -0.3 is 15.2 Å². The van der Waals surface area contributed by atoms with Crippen molar-refractivity contribution < 1.29 is 19.1 Å². The molecule has 7 nitrogen and oxygen atoms in total. The molecule has 0 fully saturated rings. The zero-order valence-corrected chi connectivity index (χ0v) is 11.0. The molecule has 0 radical (unpaired) electrons. The van der Waals surface area contributed by atoms with E-state index in [0.717, 1.165) is 23.5 Å². The number of nitrogens with two attached hydrogens (primary N) is 1. The van der Waals surface area contributed by atoms with Crippen molar-refractivity contribution in [3.63, 3.8) is 0 Å². The molecule has 1 aliphatic heterocycles. The number of hydrogen-bond donors (Lipinski definition) is 2. The van der Waals surface area contributed by atoms with Crippen molar-refractivity contribution in [3.8, 4) is 11.5 Å². The van der Waals surface area contributed by atoms with E-state index in [1.54, 1.807) is 6.92 Å². The van der Waals surface area contributed by atoms with E-state index in [1.165, 1.54) is 0 Å². The molecule has 1 aliphatic rings. The van der Waals surface area contributed by atoms with E-state index in [9.17, 15) is 9.59 Å². The van der Waals surface area contributed by atoms with Crippen molar-refractivity contribution in [3.05, 3.63) is 23.8 Å². The molecule has 0 aromatic heterocycles. The molecular formula is C13H15N3O4. The van der Waals surface area contributed by atoms with Gasteiger partial charge in [-0.05, 0) is 37.5 Å². The van der Waals surface area contributed by atoms with Crippen LogP contribution in [-0.2, 0) is 16.0 Å². The van der Waals surface area contributed by atoms with Gasteiger partial charge in [0.2, 0.25) is 6.79 Å². The Balaban J connectivity index is 1.87. The van der Waals surface area contributed by atoms with Crippen LogP contribution in [0.5, 0.6) is 11.5 Å². The summed E-state index contributed by atoms with van der Waals surface area (Å²) in [6, 6.07) is 5.72. The summed E-state index contributed by atoms with van der Waals surface area (Å²) >= 11 is 0. The number of carbonyl (C=O) groups excluding carboxylic acids is 2. The third-order valence-corrected chi connectivity index (χ3v) is 2.78. The van der Waals surface area contributed by atoms with Gasteiger partial charge in [0.15, 0.2) is 11.5 Å². The van der Waals surface area contributed by atoms with Crippen molar-refractivity contribution >= 4 is 17.5 Å². The van der Waals surface area contributed by atoms with Crippen LogP contribution in [0.15, 0.2) is 23.3 Å². The van der Waals surface area contributed by atoms with Gasteiger partial charge in [-0.3, -0.25) is 9.59 Å². The number of primary amides is 1. The lowest BCUT2D eigenvalue weighted by atomic mass is 10.1. The maximum absolute atomic E-state index is 10.9. The van der Waals surface area contributed by atoms with E-state index in [4.69, 9.17) is 15.2 Å². The molecule has 0 saturated heterocycles. The van der Waals surface area contributed by atoms with Crippen LogP contribution in [0.4, 0.5) is 0 Å². The Morgan fingerprint density at radius 3 is 2.85 bits per heavy atom. The molecule has 2 rings (SSSR count). The number of hydrogen-bond acceptors (Lipinski definition) is 5. The molecule has 1 aromatic rings. The first-order valence-corrected chi connectivity index (χ1v) is 6.07. The predicted octanol–water partition coefficient (Wildman–Crippen LogP) is 0.325. The molecule has 0 spiro atoms. The molecule has 2 amide bonds. The summed E-state index contributed by atoms with van der Waals surface area (Å²) in [6.45, 7) is 2.01. The summed E-state index contributed by atoms with van der Waals surface area (Å²) in [5.74, 6) is -0.503. The Bertz CT molecular complexity index is 569. The Morgan fingerprint density at radius 1 is 1.35 bits per heavy atom. The van der Waals surface area contributed by atoms with Gasteiger partial charge in [0.25, 0.3) is 0 Å². The van der Waals surface area contributed by atoms with Crippen LogP contribution in [0.25, 0.3) is 0 Å². The Labute approximate surface area is 115 Å². The van der Waals surface area contributed by atoms with Crippen LogP contribution in [0, 0.1) is 0 Å². The standard InChI is InChI=1S/C13H15N3O4/c1-8(15-16-13(18)12(14)17)2-3-9-4-5-10-11(6-9)20-7-19-10/h4-6H,2-3,7H2,1H3,(H2,14,17)(H,16,18). The van der Waals surface area contributed by atoms with Gasteiger partial charge in [-0.25, -0.2) is 5.43 Å². The molecule has 1 heterocycles. The van der Waals surface area contributed by atoms with Crippen LogP contribution in [0.3, 0.4) is 0 Å². The Morgan fingerprint density at radius 2 is 2.10 bits per heavy atom. The van der Waals surface area contributed by atoms with Gasteiger partial charge in [-0.15, -0.1) is 0 Å². The molecule has 0 bridgehead atoms. The largest absolute Gasteiger partial charge is 0.454 e. The van der Waals surface area contributed by atoms with E-state index in [0.29, 0.717) is 12.1 Å². The number of nitrogens with zero attached hydrogens (tertiary/aromatic N) is 1. The Kier molecular flexibility index (Phi) is 4.19. The highest BCUT2D eigenvalue weighted by molar-refractivity contribution is 6.34. The molecule has 7 heteroatoms. The lowest BCUT2D eigenvalue weighted by Crippen LogP contribution is -2.33. The van der Waals surface area contributed by atoms with E-state index in [1.807, 2.05) is 18.2 Å². The smallest absolute Gasteiger partial charge is 0.329 e. The fourth-order valence-electron chi connectivity index (χ4n) is 1.68. The maximum atomic E-state index is 10.9. The van der Waals surface area contributed by atoms with Crippen LogP contribution in [0.2, 0.25) is 0 Å². The molecule has 3 N–H and O–H groups in total. The Hall–Kier alpha value is -2.57. The van der Waals surface area contributed by atoms with E-state index in [-0.39, 0.29) is 6.79 Å². The second-order valence-corrected chi connectivity index (χ2v) is 4.34. The van der Waals surface area contributed by atoms with Crippen molar-refractivity contribution in [2.24, 2.45) is 10.8 Å². The molecule has 0 atom stereocenters. The molecule has 0 saturated carbocycles. The summed E-state index contributed by atoms with van der Waals surface area (Å²) in [7, 11) is 0. The monoisotopic (exact) mass is 277 g/mol.